The predicted molar refractivity (Wildman–Crippen MR) is 78.6 cm³/mol. The summed E-state index contributed by atoms with van der Waals surface area (Å²) in [6, 6.07) is 10.6. The average molecular weight is 346 g/mol. The molecule has 0 radical (unpaired) electrons. The zero-order valence-electron chi connectivity index (χ0n) is 9.68. The smallest absolute Gasteiger partial charge is 0.271 e. The van der Waals surface area contributed by atoms with Crippen molar-refractivity contribution in [2.75, 3.05) is 4.72 Å². The van der Waals surface area contributed by atoms with E-state index in [0.29, 0.717) is 9.90 Å². The quantitative estimate of drug-likeness (QED) is 0.913. The fourth-order valence-corrected chi connectivity index (χ4v) is 4.19. The SMILES string of the molecule is CCc1ccc(S(=O)(=O)Nc2cccc(Br)c2)s1. The molecule has 0 atom stereocenters. The molecule has 0 saturated carbocycles. The van der Waals surface area contributed by atoms with Gasteiger partial charge in [0.2, 0.25) is 0 Å². The standard InChI is InChI=1S/C12H12BrNO2S2/c1-2-11-6-7-12(17-11)18(15,16)14-10-5-3-4-9(13)8-10/h3-8,14H,2H2,1H3. The lowest BCUT2D eigenvalue weighted by atomic mass is 10.3. The molecule has 0 fully saturated rings. The van der Waals surface area contributed by atoms with Gasteiger partial charge in [0.25, 0.3) is 10.0 Å². The van der Waals surface area contributed by atoms with Crippen LogP contribution in [0.5, 0.6) is 0 Å². The third-order valence-corrected chi connectivity index (χ3v) is 5.92. The summed E-state index contributed by atoms with van der Waals surface area (Å²) in [5, 5.41) is 0. The number of sulfonamides is 1. The van der Waals surface area contributed by atoms with E-state index in [1.165, 1.54) is 11.3 Å². The summed E-state index contributed by atoms with van der Waals surface area (Å²) in [4.78, 5) is 1.06. The number of thiophene rings is 1. The Hall–Kier alpha value is -0.850. The van der Waals surface area contributed by atoms with E-state index in [1.54, 1.807) is 24.3 Å². The number of hydrogen-bond donors (Lipinski definition) is 1. The first-order valence-electron chi connectivity index (χ1n) is 5.38. The summed E-state index contributed by atoms with van der Waals surface area (Å²) < 4.78 is 28.0. The Morgan fingerprint density at radius 3 is 2.67 bits per heavy atom. The molecule has 1 N–H and O–H groups in total. The van der Waals surface area contributed by atoms with Crippen molar-refractivity contribution in [1.29, 1.82) is 0 Å². The number of halogens is 1. The summed E-state index contributed by atoms with van der Waals surface area (Å²) in [5.41, 5.74) is 0.552. The molecule has 18 heavy (non-hydrogen) atoms. The maximum Gasteiger partial charge on any atom is 0.271 e. The highest BCUT2D eigenvalue weighted by molar-refractivity contribution is 9.10. The molecule has 96 valence electrons. The van der Waals surface area contributed by atoms with Gasteiger partial charge in [0.1, 0.15) is 4.21 Å². The molecule has 0 spiro atoms. The second-order valence-corrected chi connectivity index (χ2v) is 7.68. The molecule has 0 aliphatic carbocycles. The van der Waals surface area contributed by atoms with Gasteiger partial charge in [-0.25, -0.2) is 8.42 Å². The Balaban J connectivity index is 2.27. The van der Waals surface area contributed by atoms with E-state index in [9.17, 15) is 8.42 Å². The number of anilines is 1. The summed E-state index contributed by atoms with van der Waals surface area (Å²) in [7, 11) is -3.47. The van der Waals surface area contributed by atoms with Crippen LogP contribution in [0.2, 0.25) is 0 Å². The molecule has 1 aromatic heterocycles. The molecular formula is C12H12BrNO2S2. The number of hydrogen-bond acceptors (Lipinski definition) is 3. The van der Waals surface area contributed by atoms with Crippen molar-refractivity contribution in [2.45, 2.75) is 17.6 Å². The van der Waals surface area contributed by atoms with Crippen LogP contribution < -0.4 is 4.72 Å². The first-order valence-corrected chi connectivity index (χ1v) is 8.47. The molecule has 0 saturated heterocycles. The molecule has 0 unspecified atom stereocenters. The van der Waals surface area contributed by atoms with E-state index in [4.69, 9.17) is 0 Å². The van der Waals surface area contributed by atoms with Gasteiger partial charge in [-0.05, 0) is 36.8 Å². The summed E-state index contributed by atoms with van der Waals surface area (Å²) >= 11 is 4.61. The van der Waals surface area contributed by atoms with E-state index in [1.807, 2.05) is 19.1 Å². The van der Waals surface area contributed by atoms with Crippen LogP contribution in [0.3, 0.4) is 0 Å². The highest BCUT2D eigenvalue weighted by Gasteiger charge is 2.16. The van der Waals surface area contributed by atoms with Gasteiger partial charge in [0.15, 0.2) is 0 Å². The molecule has 0 aliphatic heterocycles. The highest BCUT2D eigenvalue weighted by Crippen LogP contribution is 2.25. The van der Waals surface area contributed by atoms with Gasteiger partial charge in [-0.15, -0.1) is 11.3 Å². The third kappa shape index (κ3) is 3.13. The normalized spacial score (nSPS) is 11.4. The predicted octanol–water partition coefficient (Wildman–Crippen LogP) is 3.87. The van der Waals surface area contributed by atoms with Gasteiger partial charge in [-0.1, -0.05) is 28.9 Å². The second kappa shape index (κ2) is 5.42. The van der Waals surface area contributed by atoms with E-state index in [-0.39, 0.29) is 0 Å². The number of nitrogens with one attached hydrogen (secondary N) is 1. The van der Waals surface area contributed by atoms with Gasteiger partial charge >= 0.3 is 0 Å². The van der Waals surface area contributed by atoms with Crippen molar-refractivity contribution in [3.8, 4) is 0 Å². The topological polar surface area (TPSA) is 46.2 Å². The Morgan fingerprint density at radius 1 is 1.28 bits per heavy atom. The van der Waals surface area contributed by atoms with E-state index in [2.05, 4.69) is 20.7 Å². The van der Waals surface area contributed by atoms with Crippen molar-refractivity contribution < 1.29 is 8.42 Å². The molecule has 3 nitrogen and oxygen atoms in total. The Morgan fingerprint density at radius 2 is 2.06 bits per heavy atom. The fourth-order valence-electron chi connectivity index (χ4n) is 1.45. The van der Waals surface area contributed by atoms with Crippen LogP contribution >= 0.6 is 27.3 Å². The Labute approximate surface area is 119 Å². The minimum Gasteiger partial charge on any atom is -0.279 e. The number of aryl methyl sites for hydroxylation is 1. The summed E-state index contributed by atoms with van der Waals surface area (Å²) in [5.74, 6) is 0. The first kappa shape index (κ1) is 13.6. The van der Waals surface area contributed by atoms with E-state index in [0.717, 1.165) is 15.8 Å². The van der Waals surface area contributed by atoms with Gasteiger partial charge in [0, 0.05) is 15.0 Å². The minimum atomic E-state index is -3.47. The fraction of sp³-hybridized carbons (Fsp3) is 0.167. The Kier molecular flexibility index (Phi) is 4.09. The molecule has 2 aromatic rings. The molecule has 0 bridgehead atoms. The first-order chi connectivity index (χ1) is 8.51. The molecule has 6 heteroatoms. The molecular weight excluding hydrogens is 334 g/mol. The lowest BCUT2D eigenvalue weighted by Crippen LogP contribution is -2.11. The maximum absolute atomic E-state index is 12.1. The molecule has 0 amide bonds. The van der Waals surface area contributed by atoms with Crippen molar-refractivity contribution in [1.82, 2.24) is 0 Å². The Bertz CT molecular complexity index is 650. The zero-order chi connectivity index (χ0) is 13.2. The average Bonchev–Trinajstić information content (AvgIpc) is 2.77. The molecule has 1 aromatic carbocycles. The summed E-state index contributed by atoms with van der Waals surface area (Å²) in [6.45, 7) is 2.00. The van der Waals surface area contributed by atoms with E-state index < -0.39 is 10.0 Å². The van der Waals surface area contributed by atoms with Crippen molar-refractivity contribution in [3.05, 3.63) is 45.7 Å². The van der Waals surface area contributed by atoms with Gasteiger partial charge in [-0.3, -0.25) is 4.72 Å². The van der Waals surface area contributed by atoms with Crippen molar-refractivity contribution >= 4 is 43.0 Å². The van der Waals surface area contributed by atoms with Gasteiger partial charge in [0.05, 0.1) is 0 Å². The van der Waals surface area contributed by atoms with Crippen LogP contribution in [0.25, 0.3) is 0 Å². The molecule has 1 heterocycles. The monoisotopic (exact) mass is 345 g/mol. The minimum absolute atomic E-state index is 0.347. The van der Waals surface area contributed by atoms with Crippen LogP contribution in [0.1, 0.15) is 11.8 Å². The largest absolute Gasteiger partial charge is 0.279 e. The van der Waals surface area contributed by atoms with Gasteiger partial charge < -0.3 is 0 Å². The van der Waals surface area contributed by atoms with Crippen LogP contribution in [0, 0.1) is 0 Å². The van der Waals surface area contributed by atoms with Crippen LogP contribution in [0.4, 0.5) is 5.69 Å². The number of benzene rings is 1. The van der Waals surface area contributed by atoms with E-state index >= 15 is 0 Å². The zero-order valence-corrected chi connectivity index (χ0v) is 12.9. The third-order valence-electron chi connectivity index (χ3n) is 2.33. The number of rotatable bonds is 4. The van der Waals surface area contributed by atoms with Gasteiger partial charge in [-0.2, -0.15) is 0 Å². The highest BCUT2D eigenvalue weighted by atomic mass is 79.9. The van der Waals surface area contributed by atoms with Crippen LogP contribution in [-0.2, 0) is 16.4 Å². The molecule has 0 aliphatic rings. The lowest BCUT2D eigenvalue weighted by molar-refractivity contribution is 0.603. The second-order valence-electron chi connectivity index (χ2n) is 3.69. The summed E-state index contributed by atoms with van der Waals surface area (Å²) in [6.07, 6.45) is 0.844. The van der Waals surface area contributed by atoms with Crippen LogP contribution in [0.15, 0.2) is 45.1 Å². The maximum atomic E-state index is 12.1. The van der Waals surface area contributed by atoms with Crippen molar-refractivity contribution in [3.63, 3.8) is 0 Å². The lowest BCUT2D eigenvalue weighted by Gasteiger charge is -2.06. The van der Waals surface area contributed by atoms with Crippen molar-refractivity contribution in [2.24, 2.45) is 0 Å². The molecule has 2 rings (SSSR count). The van der Waals surface area contributed by atoms with Crippen LogP contribution in [-0.4, -0.2) is 8.42 Å².